The third-order valence-corrected chi connectivity index (χ3v) is 4.43. The monoisotopic (exact) mass is 356 g/mol. The zero-order valence-electron chi connectivity index (χ0n) is 12.5. The Morgan fingerprint density at radius 3 is 2.95 bits per heavy atom. The number of amides is 1. The summed E-state index contributed by atoms with van der Waals surface area (Å²) >= 11 is 3.11. The van der Waals surface area contributed by atoms with E-state index in [0.29, 0.717) is 22.0 Å². The van der Waals surface area contributed by atoms with Crippen molar-refractivity contribution < 1.29 is 9.18 Å². The predicted octanol–water partition coefficient (Wildman–Crippen LogP) is 3.44. The maximum absolute atomic E-state index is 13.6. The molecular weight excluding hydrogens is 335 g/mol. The van der Waals surface area contributed by atoms with Crippen LogP contribution in [0.5, 0.6) is 0 Å². The van der Waals surface area contributed by atoms with Gasteiger partial charge in [-0.25, -0.2) is 4.39 Å². The number of nitrogens with one attached hydrogen (secondary N) is 1. The summed E-state index contributed by atoms with van der Waals surface area (Å²) in [6, 6.07) is 5.02. The van der Waals surface area contributed by atoms with Gasteiger partial charge < -0.3 is 10.2 Å². The number of likely N-dealkylation sites (tertiary alicyclic amines) is 1. The lowest BCUT2D eigenvalue weighted by Crippen LogP contribution is -2.43. The van der Waals surface area contributed by atoms with E-state index < -0.39 is 5.82 Å². The van der Waals surface area contributed by atoms with E-state index in [-0.39, 0.29) is 5.91 Å². The summed E-state index contributed by atoms with van der Waals surface area (Å²) in [5.41, 5.74) is 0.424. The molecule has 1 fully saturated rings. The van der Waals surface area contributed by atoms with Crippen LogP contribution in [-0.4, -0.2) is 36.5 Å². The van der Waals surface area contributed by atoms with Crippen LogP contribution in [-0.2, 0) is 0 Å². The van der Waals surface area contributed by atoms with Crippen molar-refractivity contribution in [3.8, 4) is 0 Å². The van der Waals surface area contributed by atoms with Gasteiger partial charge in [0.2, 0.25) is 0 Å². The Bertz CT molecular complexity index is 507. The molecule has 0 spiro atoms. The van der Waals surface area contributed by atoms with Crippen LogP contribution in [0.2, 0.25) is 0 Å². The van der Waals surface area contributed by atoms with Crippen LogP contribution in [0, 0.1) is 11.7 Å². The number of hydrogen-bond donors (Lipinski definition) is 1. The smallest absolute Gasteiger partial charge is 0.253 e. The van der Waals surface area contributed by atoms with Crippen LogP contribution in [0.25, 0.3) is 0 Å². The third-order valence-electron chi connectivity index (χ3n) is 3.79. The summed E-state index contributed by atoms with van der Waals surface area (Å²) in [7, 11) is 0. The average molecular weight is 357 g/mol. The number of nitrogens with zero attached hydrogens (tertiary/aromatic N) is 1. The third kappa shape index (κ3) is 4.51. The van der Waals surface area contributed by atoms with Gasteiger partial charge in [0.25, 0.3) is 5.91 Å². The molecule has 1 unspecified atom stereocenters. The van der Waals surface area contributed by atoms with Gasteiger partial charge in [-0.3, -0.25) is 4.79 Å². The van der Waals surface area contributed by atoms with Crippen molar-refractivity contribution in [2.75, 3.05) is 19.6 Å². The van der Waals surface area contributed by atoms with Crippen LogP contribution in [0.3, 0.4) is 0 Å². The summed E-state index contributed by atoms with van der Waals surface area (Å²) in [6.07, 6.45) is 2.15. The Morgan fingerprint density at radius 1 is 1.52 bits per heavy atom. The maximum atomic E-state index is 13.6. The van der Waals surface area contributed by atoms with Crippen molar-refractivity contribution >= 4 is 21.8 Å². The van der Waals surface area contributed by atoms with E-state index in [4.69, 9.17) is 0 Å². The first-order chi connectivity index (χ1) is 9.97. The minimum atomic E-state index is -0.393. The van der Waals surface area contributed by atoms with Crippen LogP contribution < -0.4 is 5.32 Å². The van der Waals surface area contributed by atoms with Crippen molar-refractivity contribution in [3.63, 3.8) is 0 Å². The topological polar surface area (TPSA) is 32.3 Å². The normalized spacial score (nSPS) is 19.1. The Balaban J connectivity index is 1.99. The first-order valence-corrected chi connectivity index (χ1v) is 8.24. The molecule has 0 bridgehead atoms. The van der Waals surface area contributed by atoms with Gasteiger partial charge in [0, 0.05) is 24.7 Å². The number of rotatable bonds is 4. The zero-order chi connectivity index (χ0) is 15.4. The van der Waals surface area contributed by atoms with Gasteiger partial charge in [-0.15, -0.1) is 0 Å². The largest absolute Gasteiger partial charge is 0.338 e. The summed E-state index contributed by atoms with van der Waals surface area (Å²) in [5, 5.41) is 3.43. The highest BCUT2D eigenvalue weighted by Crippen LogP contribution is 2.21. The standard InChI is InChI=1S/C16H22BrFN2O/c1-11(2)19-9-12-4-3-7-20(10-12)16(21)13-5-6-14(17)15(18)8-13/h5-6,8,11-12,19H,3-4,7,9-10H2,1-2H3. The van der Waals surface area contributed by atoms with Gasteiger partial charge >= 0.3 is 0 Å². The lowest BCUT2D eigenvalue weighted by molar-refractivity contribution is 0.0671. The molecular formula is C16H22BrFN2O. The fourth-order valence-corrected chi connectivity index (χ4v) is 2.88. The Labute approximate surface area is 134 Å². The van der Waals surface area contributed by atoms with Gasteiger partial charge in [0.15, 0.2) is 0 Å². The van der Waals surface area contributed by atoms with E-state index >= 15 is 0 Å². The molecule has 2 rings (SSSR count). The van der Waals surface area contributed by atoms with Gasteiger partial charge in [-0.2, -0.15) is 0 Å². The molecule has 21 heavy (non-hydrogen) atoms. The molecule has 0 aromatic heterocycles. The van der Waals surface area contributed by atoms with Gasteiger partial charge in [-0.1, -0.05) is 13.8 Å². The lowest BCUT2D eigenvalue weighted by Gasteiger charge is -2.33. The number of benzene rings is 1. The number of carbonyl (C=O) groups is 1. The van der Waals surface area contributed by atoms with Gasteiger partial charge in [0.1, 0.15) is 5.82 Å². The van der Waals surface area contributed by atoms with Crippen LogP contribution in [0.4, 0.5) is 4.39 Å². The van der Waals surface area contributed by atoms with Gasteiger partial charge in [0.05, 0.1) is 4.47 Å². The van der Waals surface area contributed by atoms with E-state index in [9.17, 15) is 9.18 Å². The van der Waals surface area contributed by atoms with Crippen molar-refractivity contribution in [3.05, 3.63) is 34.1 Å². The van der Waals surface area contributed by atoms with E-state index in [1.165, 1.54) is 6.07 Å². The van der Waals surface area contributed by atoms with E-state index in [1.807, 2.05) is 4.90 Å². The van der Waals surface area contributed by atoms with Crippen LogP contribution in [0.1, 0.15) is 37.0 Å². The Morgan fingerprint density at radius 2 is 2.29 bits per heavy atom. The lowest BCUT2D eigenvalue weighted by atomic mass is 9.97. The molecule has 1 amide bonds. The van der Waals surface area contributed by atoms with Crippen LogP contribution in [0.15, 0.2) is 22.7 Å². The SMILES string of the molecule is CC(C)NCC1CCCN(C(=O)c2ccc(Br)c(F)c2)C1. The molecule has 1 heterocycles. The molecule has 1 N–H and O–H groups in total. The zero-order valence-corrected chi connectivity index (χ0v) is 14.1. The second kappa shape index (κ2) is 7.36. The molecule has 0 saturated carbocycles. The molecule has 0 radical (unpaired) electrons. The molecule has 1 atom stereocenters. The molecule has 1 aromatic carbocycles. The van der Waals surface area contributed by atoms with E-state index in [1.54, 1.807) is 12.1 Å². The highest BCUT2D eigenvalue weighted by Gasteiger charge is 2.24. The maximum Gasteiger partial charge on any atom is 0.253 e. The molecule has 3 nitrogen and oxygen atoms in total. The minimum Gasteiger partial charge on any atom is -0.338 e. The molecule has 1 aliphatic rings. The summed E-state index contributed by atoms with van der Waals surface area (Å²) in [5.74, 6) is 0.0110. The molecule has 1 aromatic rings. The number of carbonyl (C=O) groups excluding carboxylic acids is 1. The number of hydrogen-bond acceptors (Lipinski definition) is 2. The Kier molecular flexibility index (Phi) is 5.76. The molecule has 116 valence electrons. The number of piperidine rings is 1. The second-order valence-electron chi connectivity index (χ2n) is 5.95. The van der Waals surface area contributed by atoms with Gasteiger partial charge in [-0.05, 0) is 59.4 Å². The highest BCUT2D eigenvalue weighted by atomic mass is 79.9. The predicted molar refractivity (Wildman–Crippen MR) is 85.9 cm³/mol. The quantitative estimate of drug-likeness (QED) is 0.895. The fourth-order valence-electron chi connectivity index (χ4n) is 2.63. The van der Waals surface area contributed by atoms with Crippen molar-refractivity contribution in [2.24, 2.45) is 5.92 Å². The summed E-state index contributed by atoms with van der Waals surface area (Å²) in [6.45, 7) is 6.67. The van der Waals surface area contributed by atoms with E-state index in [2.05, 4.69) is 35.1 Å². The number of halogens is 2. The highest BCUT2D eigenvalue weighted by molar-refractivity contribution is 9.10. The first-order valence-electron chi connectivity index (χ1n) is 7.45. The average Bonchev–Trinajstić information content (AvgIpc) is 2.47. The summed E-state index contributed by atoms with van der Waals surface area (Å²) < 4.78 is 14.0. The molecule has 1 saturated heterocycles. The fraction of sp³-hybridized carbons (Fsp3) is 0.562. The van der Waals surface area contributed by atoms with E-state index in [0.717, 1.165) is 32.5 Å². The second-order valence-corrected chi connectivity index (χ2v) is 6.81. The first kappa shape index (κ1) is 16.4. The van der Waals surface area contributed by atoms with Crippen molar-refractivity contribution in [1.29, 1.82) is 0 Å². The van der Waals surface area contributed by atoms with Crippen molar-refractivity contribution in [2.45, 2.75) is 32.7 Å². The van der Waals surface area contributed by atoms with Crippen LogP contribution >= 0.6 is 15.9 Å². The Hall–Kier alpha value is -0.940. The van der Waals surface area contributed by atoms with Crippen molar-refractivity contribution in [1.82, 2.24) is 10.2 Å². The molecule has 1 aliphatic heterocycles. The summed E-state index contributed by atoms with van der Waals surface area (Å²) in [4.78, 5) is 14.3. The minimum absolute atomic E-state index is 0.0735. The molecule has 5 heteroatoms. The molecule has 0 aliphatic carbocycles.